The van der Waals surface area contributed by atoms with Gasteiger partial charge in [-0.1, -0.05) is 35.3 Å². The van der Waals surface area contributed by atoms with Crippen molar-refractivity contribution in [3.8, 4) is 39.6 Å². The molecule has 2 N–H and O–H groups in total. The first kappa shape index (κ1) is 36.0. The summed E-state index contributed by atoms with van der Waals surface area (Å²) in [6.45, 7) is 10.2. The van der Waals surface area contributed by atoms with Crippen LogP contribution in [0, 0.1) is 0 Å². The molecule has 2 aliphatic rings. The molecule has 3 heterocycles. The van der Waals surface area contributed by atoms with Crippen molar-refractivity contribution in [2.75, 3.05) is 38.7 Å². The average Bonchev–Trinajstić information content (AvgIpc) is 3.45. The molecule has 2 aliphatic heterocycles. The van der Waals surface area contributed by atoms with E-state index in [0.29, 0.717) is 75.1 Å². The summed E-state index contributed by atoms with van der Waals surface area (Å²) in [7, 11) is 1.56. The number of morpholine rings is 1. The number of hydrogen-bond acceptors (Lipinski definition) is 8. The second-order valence-corrected chi connectivity index (χ2v) is 14.7. The normalized spacial score (nSPS) is 14.9. The Labute approximate surface area is 305 Å². The van der Waals surface area contributed by atoms with E-state index >= 15 is 0 Å². The Hall–Kier alpha value is -4.78. The lowest BCUT2D eigenvalue weighted by atomic mass is 9.95. The standard InChI is InChI=1S/C37H39Cl2N5O7/c1-36(2,3)51-35(47)40-18-31(45)41-24-9-7-8-21(12-24)26-16-27-30(17-29(26)48-6)50-19-28-32(34(46)43-10-11-49-20-37(43,4)5)42-44(33(27)28)25-14-22(38)13-23(39)15-25/h7-9,12-17H,10-11,18-20H2,1-6H3,(H,40,47)(H,41,45). The number of rotatable bonds is 7. The van der Waals surface area contributed by atoms with Gasteiger partial charge < -0.3 is 34.5 Å². The van der Waals surface area contributed by atoms with Crippen LogP contribution in [0.3, 0.4) is 0 Å². The van der Waals surface area contributed by atoms with E-state index in [1.165, 1.54) is 0 Å². The van der Waals surface area contributed by atoms with Gasteiger partial charge in [0.25, 0.3) is 5.91 Å². The van der Waals surface area contributed by atoms with Crippen molar-refractivity contribution in [1.82, 2.24) is 20.0 Å². The van der Waals surface area contributed by atoms with Crippen LogP contribution in [0.5, 0.6) is 11.5 Å². The quantitative estimate of drug-likeness (QED) is 0.205. The number of benzene rings is 3. The molecule has 0 spiro atoms. The lowest BCUT2D eigenvalue weighted by Crippen LogP contribution is -2.55. The van der Waals surface area contributed by atoms with Crippen LogP contribution in [0.15, 0.2) is 54.6 Å². The number of carbonyl (C=O) groups excluding carboxylic acids is 3. The van der Waals surface area contributed by atoms with Gasteiger partial charge in [-0.2, -0.15) is 5.10 Å². The average molecular weight is 737 g/mol. The number of nitrogens with one attached hydrogen (secondary N) is 2. The van der Waals surface area contributed by atoms with Crippen molar-refractivity contribution in [1.29, 1.82) is 0 Å². The number of ether oxygens (including phenoxy) is 4. The van der Waals surface area contributed by atoms with Gasteiger partial charge in [-0.3, -0.25) is 9.59 Å². The van der Waals surface area contributed by atoms with Gasteiger partial charge in [-0.25, -0.2) is 9.48 Å². The highest BCUT2D eigenvalue weighted by molar-refractivity contribution is 6.34. The molecule has 0 bridgehead atoms. The Kier molecular flexibility index (Phi) is 9.95. The Morgan fingerprint density at radius 3 is 2.45 bits per heavy atom. The van der Waals surface area contributed by atoms with E-state index in [0.717, 1.165) is 5.56 Å². The van der Waals surface area contributed by atoms with Crippen molar-refractivity contribution in [3.05, 3.63) is 75.9 Å². The molecule has 3 amide bonds. The predicted octanol–water partition coefficient (Wildman–Crippen LogP) is 7.13. The van der Waals surface area contributed by atoms with E-state index in [2.05, 4.69) is 10.6 Å². The highest BCUT2D eigenvalue weighted by Gasteiger charge is 2.39. The van der Waals surface area contributed by atoms with E-state index in [1.807, 2.05) is 26.0 Å². The SMILES string of the molecule is COc1cc2c(cc1-c1cccc(NC(=O)CNC(=O)OC(C)(C)C)c1)-c1c(c(C(=O)N3CCOCC3(C)C)nn1-c1cc(Cl)cc(Cl)c1)CO2. The summed E-state index contributed by atoms with van der Waals surface area (Å²) in [5.74, 6) is 0.381. The number of hydrogen-bond donors (Lipinski definition) is 2. The molecule has 51 heavy (non-hydrogen) atoms. The fraction of sp³-hybridized carbons (Fsp3) is 0.351. The Morgan fingerprint density at radius 2 is 1.76 bits per heavy atom. The number of fused-ring (bicyclic) bond motifs is 3. The number of alkyl carbamates (subject to hydrolysis) is 1. The third-order valence-corrected chi connectivity index (χ3v) is 8.78. The summed E-state index contributed by atoms with van der Waals surface area (Å²) in [4.78, 5) is 40.8. The summed E-state index contributed by atoms with van der Waals surface area (Å²) in [6, 6.07) is 16.0. The first-order valence-corrected chi connectivity index (χ1v) is 17.1. The number of anilines is 1. The zero-order chi connectivity index (χ0) is 36.7. The predicted molar refractivity (Wildman–Crippen MR) is 194 cm³/mol. The van der Waals surface area contributed by atoms with Gasteiger partial charge in [0, 0.05) is 45.0 Å². The van der Waals surface area contributed by atoms with E-state index in [1.54, 1.807) is 79.9 Å². The molecule has 12 nitrogen and oxygen atoms in total. The molecule has 0 saturated carbocycles. The van der Waals surface area contributed by atoms with Crippen molar-refractivity contribution < 1.29 is 33.3 Å². The van der Waals surface area contributed by atoms with Crippen molar-refractivity contribution >= 4 is 46.8 Å². The van der Waals surface area contributed by atoms with Crippen LogP contribution in [0.25, 0.3) is 28.1 Å². The first-order chi connectivity index (χ1) is 24.1. The van der Waals surface area contributed by atoms with Crippen LogP contribution in [0.4, 0.5) is 10.5 Å². The summed E-state index contributed by atoms with van der Waals surface area (Å²) in [6.07, 6.45) is -0.690. The molecule has 0 radical (unpaired) electrons. The largest absolute Gasteiger partial charge is 0.496 e. The minimum atomic E-state index is -0.690. The monoisotopic (exact) mass is 735 g/mol. The van der Waals surface area contributed by atoms with Crippen LogP contribution < -0.4 is 20.1 Å². The fourth-order valence-electron chi connectivity index (χ4n) is 6.09. The third kappa shape index (κ3) is 7.78. The van der Waals surface area contributed by atoms with E-state index in [-0.39, 0.29) is 24.8 Å². The number of amides is 3. The smallest absolute Gasteiger partial charge is 0.408 e. The Morgan fingerprint density at radius 1 is 1.02 bits per heavy atom. The number of nitrogens with zero attached hydrogens (tertiary/aromatic N) is 3. The second kappa shape index (κ2) is 14.1. The number of aromatic nitrogens is 2. The summed E-state index contributed by atoms with van der Waals surface area (Å²) < 4.78 is 24.7. The van der Waals surface area contributed by atoms with Crippen molar-refractivity contribution in [2.45, 2.75) is 52.4 Å². The fourth-order valence-corrected chi connectivity index (χ4v) is 6.61. The van der Waals surface area contributed by atoms with E-state index < -0.39 is 23.1 Å². The highest BCUT2D eigenvalue weighted by Crippen LogP contribution is 2.47. The maximum atomic E-state index is 14.2. The van der Waals surface area contributed by atoms with Gasteiger partial charge in [-0.05, 0) is 76.6 Å². The van der Waals surface area contributed by atoms with Crippen LogP contribution in [0.2, 0.25) is 10.0 Å². The highest BCUT2D eigenvalue weighted by atomic mass is 35.5. The molecular weight excluding hydrogens is 697 g/mol. The summed E-state index contributed by atoms with van der Waals surface area (Å²) >= 11 is 12.9. The van der Waals surface area contributed by atoms with Crippen LogP contribution in [-0.2, 0) is 20.9 Å². The minimum absolute atomic E-state index is 0.0871. The molecule has 1 aromatic heterocycles. The second-order valence-electron chi connectivity index (χ2n) is 13.9. The van der Waals surface area contributed by atoms with Crippen LogP contribution >= 0.6 is 23.2 Å². The zero-order valence-electron chi connectivity index (χ0n) is 29.2. The van der Waals surface area contributed by atoms with Crippen LogP contribution in [-0.4, -0.2) is 77.1 Å². The molecule has 14 heteroatoms. The maximum Gasteiger partial charge on any atom is 0.408 e. The number of carbonyl (C=O) groups is 3. The van der Waals surface area contributed by atoms with Gasteiger partial charge in [0.15, 0.2) is 5.69 Å². The minimum Gasteiger partial charge on any atom is -0.496 e. The molecule has 3 aromatic carbocycles. The topological polar surface area (TPSA) is 133 Å². The lowest BCUT2D eigenvalue weighted by Gasteiger charge is -2.41. The van der Waals surface area contributed by atoms with E-state index in [9.17, 15) is 14.4 Å². The molecule has 0 atom stereocenters. The van der Waals surface area contributed by atoms with Gasteiger partial charge in [-0.15, -0.1) is 0 Å². The molecule has 268 valence electrons. The van der Waals surface area contributed by atoms with Gasteiger partial charge in [0.2, 0.25) is 5.91 Å². The number of halogens is 2. The molecular formula is C37H39Cl2N5O7. The third-order valence-electron chi connectivity index (χ3n) is 8.35. The molecule has 1 fully saturated rings. The van der Waals surface area contributed by atoms with Gasteiger partial charge in [0.1, 0.15) is 30.3 Å². The maximum absolute atomic E-state index is 14.2. The van der Waals surface area contributed by atoms with Crippen molar-refractivity contribution in [2.24, 2.45) is 0 Å². The Balaban J connectivity index is 1.40. The van der Waals surface area contributed by atoms with Crippen LogP contribution in [0.1, 0.15) is 50.7 Å². The van der Waals surface area contributed by atoms with Gasteiger partial charge in [0.05, 0.1) is 37.2 Å². The molecule has 0 unspecified atom stereocenters. The summed E-state index contributed by atoms with van der Waals surface area (Å²) in [5, 5.41) is 11.0. The van der Waals surface area contributed by atoms with E-state index in [4.69, 9.17) is 47.2 Å². The summed E-state index contributed by atoms with van der Waals surface area (Å²) in [5.41, 5.74) is 3.41. The molecule has 4 aromatic rings. The first-order valence-electron chi connectivity index (χ1n) is 16.3. The molecule has 6 rings (SSSR count). The molecule has 0 aliphatic carbocycles. The van der Waals surface area contributed by atoms with Gasteiger partial charge >= 0.3 is 6.09 Å². The number of methoxy groups -OCH3 is 1. The Bertz CT molecular complexity index is 2000. The zero-order valence-corrected chi connectivity index (χ0v) is 30.7. The lowest BCUT2D eigenvalue weighted by molar-refractivity contribution is -0.115. The van der Waals surface area contributed by atoms with Crippen molar-refractivity contribution in [3.63, 3.8) is 0 Å². The molecule has 1 saturated heterocycles.